The highest BCUT2D eigenvalue weighted by Gasteiger charge is 2.34. The third kappa shape index (κ3) is 5.37. The van der Waals surface area contributed by atoms with Gasteiger partial charge in [0.15, 0.2) is 0 Å². The number of halogens is 1. The Morgan fingerprint density at radius 1 is 1.39 bits per heavy atom. The van der Waals surface area contributed by atoms with Crippen LogP contribution in [0.5, 0.6) is 0 Å². The van der Waals surface area contributed by atoms with Crippen LogP contribution in [0.25, 0.3) is 0 Å². The summed E-state index contributed by atoms with van der Waals surface area (Å²) in [6.45, 7) is 6.65. The van der Waals surface area contributed by atoms with E-state index in [0.29, 0.717) is 10.9 Å². The Labute approximate surface area is 191 Å². The molecular formula is C22H25ClN4O3S. The van der Waals surface area contributed by atoms with Gasteiger partial charge in [0.05, 0.1) is 21.9 Å². The molecule has 1 amide bonds. The third-order valence-electron chi connectivity index (χ3n) is 5.56. The van der Waals surface area contributed by atoms with Crippen molar-refractivity contribution in [3.05, 3.63) is 62.7 Å². The quantitative estimate of drug-likeness (QED) is 0.276. The van der Waals surface area contributed by atoms with Crippen LogP contribution in [0.3, 0.4) is 0 Å². The standard InChI is InChI=1S/C22H25ClN4O3S/c1-14-11-22(2,3)26(4)20-10-19(23)15(9-18(14)20)12-24-25-21(28)13-31-17-7-5-16(6-8-17)27(29)30/h5-10,12,14H,11,13H2,1-4H3,(H,25,28)/b24-12+. The molecule has 31 heavy (non-hydrogen) atoms. The second-order valence-corrected chi connectivity index (χ2v) is 9.70. The Morgan fingerprint density at radius 3 is 2.71 bits per heavy atom. The Hall–Kier alpha value is -2.58. The van der Waals surface area contributed by atoms with Crippen LogP contribution in [0.2, 0.25) is 5.02 Å². The number of amides is 1. The van der Waals surface area contributed by atoms with Crippen LogP contribution in [0, 0.1) is 10.1 Å². The number of nitrogens with one attached hydrogen (secondary N) is 1. The van der Waals surface area contributed by atoms with Crippen molar-refractivity contribution in [2.45, 2.75) is 43.5 Å². The minimum absolute atomic E-state index is 0.0180. The summed E-state index contributed by atoms with van der Waals surface area (Å²) in [4.78, 5) is 25.3. The lowest BCUT2D eigenvalue weighted by Gasteiger charge is -2.45. The summed E-state index contributed by atoms with van der Waals surface area (Å²) in [6, 6.07) is 10.1. The molecule has 0 aromatic heterocycles. The summed E-state index contributed by atoms with van der Waals surface area (Å²) in [5, 5.41) is 15.3. The number of non-ortho nitro benzene ring substituents is 1. The highest BCUT2D eigenvalue weighted by molar-refractivity contribution is 8.00. The maximum atomic E-state index is 12.1. The molecule has 3 rings (SSSR count). The van der Waals surface area contributed by atoms with Crippen LogP contribution in [-0.2, 0) is 4.79 Å². The molecule has 0 aliphatic carbocycles. The number of thioether (sulfide) groups is 1. The third-order valence-corrected chi connectivity index (χ3v) is 6.90. The molecule has 2 aromatic carbocycles. The Balaban J connectivity index is 1.61. The lowest BCUT2D eigenvalue weighted by molar-refractivity contribution is -0.384. The number of nitro groups is 1. The average Bonchev–Trinajstić information content (AvgIpc) is 2.71. The summed E-state index contributed by atoms with van der Waals surface area (Å²) in [5.41, 5.74) is 5.67. The van der Waals surface area contributed by atoms with E-state index in [1.165, 1.54) is 29.5 Å². The van der Waals surface area contributed by atoms with Crippen LogP contribution in [0.1, 0.15) is 44.2 Å². The minimum atomic E-state index is -0.457. The van der Waals surface area contributed by atoms with Gasteiger partial charge in [-0.2, -0.15) is 5.10 Å². The van der Waals surface area contributed by atoms with Crippen molar-refractivity contribution < 1.29 is 9.72 Å². The van der Waals surface area contributed by atoms with Crippen molar-refractivity contribution in [2.75, 3.05) is 17.7 Å². The highest BCUT2D eigenvalue weighted by atomic mass is 35.5. The van der Waals surface area contributed by atoms with E-state index in [2.05, 4.69) is 43.2 Å². The lowest BCUT2D eigenvalue weighted by Crippen LogP contribution is -2.45. The van der Waals surface area contributed by atoms with Gasteiger partial charge in [0.2, 0.25) is 5.91 Å². The maximum Gasteiger partial charge on any atom is 0.269 e. The number of hydrogen-bond acceptors (Lipinski definition) is 6. The van der Waals surface area contributed by atoms with Crippen molar-refractivity contribution in [1.29, 1.82) is 0 Å². The molecule has 0 bridgehead atoms. The van der Waals surface area contributed by atoms with Gasteiger partial charge in [0, 0.05) is 40.9 Å². The molecule has 0 saturated carbocycles. The maximum absolute atomic E-state index is 12.1. The van der Waals surface area contributed by atoms with Crippen LogP contribution in [0.15, 0.2) is 46.4 Å². The highest BCUT2D eigenvalue weighted by Crippen LogP contribution is 2.44. The zero-order valence-corrected chi connectivity index (χ0v) is 19.5. The average molecular weight is 461 g/mol. The van der Waals surface area contributed by atoms with Gasteiger partial charge in [-0.1, -0.05) is 18.5 Å². The first-order chi connectivity index (χ1) is 14.6. The molecule has 164 valence electrons. The first kappa shape index (κ1) is 23.1. The molecule has 1 unspecified atom stereocenters. The predicted molar refractivity (Wildman–Crippen MR) is 127 cm³/mol. The number of hydrogen-bond donors (Lipinski definition) is 1. The Morgan fingerprint density at radius 2 is 2.06 bits per heavy atom. The van der Waals surface area contributed by atoms with E-state index in [0.717, 1.165) is 22.6 Å². The number of benzene rings is 2. The van der Waals surface area contributed by atoms with Crippen molar-refractivity contribution in [2.24, 2.45) is 5.10 Å². The lowest BCUT2D eigenvalue weighted by atomic mass is 9.80. The fraction of sp³-hybridized carbons (Fsp3) is 0.364. The molecule has 9 heteroatoms. The number of nitrogens with zero attached hydrogens (tertiary/aromatic N) is 3. The molecule has 0 spiro atoms. The summed E-state index contributed by atoms with van der Waals surface area (Å²) in [7, 11) is 2.08. The number of fused-ring (bicyclic) bond motifs is 1. The smallest absolute Gasteiger partial charge is 0.269 e. The molecule has 1 heterocycles. The molecule has 0 radical (unpaired) electrons. The van der Waals surface area contributed by atoms with Crippen molar-refractivity contribution in [3.8, 4) is 0 Å². The number of nitro benzene ring substituents is 1. The van der Waals surface area contributed by atoms with Gasteiger partial charge in [0.25, 0.3) is 5.69 Å². The van der Waals surface area contributed by atoms with E-state index < -0.39 is 4.92 Å². The molecule has 1 atom stereocenters. The molecule has 1 aliphatic heterocycles. The second kappa shape index (κ2) is 9.28. The van der Waals surface area contributed by atoms with E-state index in [1.807, 2.05) is 12.1 Å². The van der Waals surface area contributed by atoms with E-state index >= 15 is 0 Å². The number of carbonyl (C=O) groups is 1. The van der Waals surface area contributed by atoms with E-state index in [9.17, 15) is 14.9 Å². The first-order valence-electron chi connectivity index (χ1n) is 9.85. The first-order valence-corrected chi connectivity index (χ1v) is 11.2. The van der Waals surface area contributed by atoms with E-state index in [4.69, 9.17) is 11.6 Å². The summed E-state index contributed by atoms with van der Waals surface area (Å²) in [5.74, 6) is 0.256. The molecule has 0 fully saturated rings. The number of rotatable bonds is 6. The van der Waals surface area contributed by atoms with Gasteiger partial charge >= 0.3 is 0 Å². The van der Waals surface area contributed by atoms with Gasteiger partial charge in [-0.05, 0) is 56.0 Å². The SMILES string of the molecule is CC1CC(C)(C)N(C)c2cc(Cl)c(/C=N/NC(=O)CSc3ccc([N+](=O)[O-])cc3)cc21. The minimum Gasteiger partial charge on any atom is -0.369 e. The summed E-state index contributed by atoms with van der Waals surface area (Å²) >= 11 is 7.75. The molecule has 1 aliphatic rings. The molecule has 0 saturated heterocycles. The molecule has 1 N–H and O–H groups in total. The van der Waals surface area contributed by atoms with Crippen molar-refractivity contribution >= 4 is 46.9 Å². The van der Waals surface area contributed by atoms with Crippen molar-refractivity contribution in [1.82, 2.24) is 5.43 Å². The molecule has 2 aromatic rings. The summed E-state index contributed by atoms with van der Waals surface area (Å²) in [6.07, 6.45) is 2.59. The fourth-order valence-electron chi connectivity index (χ4n) is 3.72. The van der Waals surface area contributed by atoms with Crippen LogP contribution in [0.4, 0.5) is 11.4 Å². The van der Waals surface area contributed by atoms with Gasteiger partial charge < -0.3 is 4.90 Å². The normalized spacial score (nSPS) is 17.5. The van der Waals surface area contributed by atoms with Gasteiger partial charge in [-0.3, -0.25) is 14.9 Å². The van der Waals surface area contributed by atoms with Gasteiger partial charge in [0.1, 0.15) is 0 Å². The fourth-order valence-corrected chi connectivity index (χ4v) is 4.62. The zero-order chi connectivity index (χ0) is 22.8. The van der Waals surface area contributed by atoms with Crippen molar-refractivity contribution in [3.63, 3.8) is 0 Å². The van der Waals surface area contributed by atoms with E-state index in [-0.39, 0.29) is 22.9 Å². The largest absolute Gasteiger partial charge is 0.369 e. The molecular weight excluding hydrogens is 436 g/mol. The topological polar surface area (TPSA) is 87.8 Å². The van der Waals surface area contributed by atoms with Gasteiger partial charge in [-0.15, -0.1) is 11.8 Å². The van der Waals surface area contributed by atoms with E-state index in [1.54, 1.807) is 18.3 Å². The van der Waals surface area contributed by atoms with Crippen LogP contribution in [-0.4, -0.2) is 35.4 Å². The second-order valence-electron chi connectivity index (χ2n) is 8.24. The zero-order valence-electron chi connectivity index (χ0n) is 17.9. The molecule has 7 nitrogen and oxygen atoms in total. The predicted octanol–water partition coefficient (Wildman–Crippen LogP) is 5.21. The van der Waals surface area contributed by atoms with Crippen LogP contribution < -0.4 is 10.3 Å². The number of hydrazone groups is 1. The Bertz CT molecular complexity index is 1020. The summed E-state index contributed by atoms with van der Waals surface area (Å²) < 4.78 is 0. The monoisotopic (exact) mass is 460 g/mol. The van der Waals surface area contributed by atoms with Gasteiger partial charge in [-0.25, -0.2) is 5.43 Å². The Kier molecular flexibility index (Phi) is 6.91. The number of anilines is 1. The van der Waals surface area contributed by atoms with Crippen LogP contribution >= 0.6 is 23.4 Å². The number of carbonyl (C=O) groups excluding carboxylic acids is 1.